The number of hydrogen-bond acceptors (Lipinski definition) is 10. The number of carbonyl (C=O) groups is 3. The Kier molecular flexibility index (Phi) is 50.3. The van der Waals surface area contributed by atoms with Crippen LogP contribution < -0.4 is 0 Å². The van der Waals surface area contributed by atoms with Crippen molar-refractivity contribution in [1.82, 2.24) is 0 Å². The number of phosphoric acid groups is 1. The van der Waals surface area contributed by atoms with Crippen molar-refractivity contribution in [1.29, 1.82) is 0 Å². The third kappa shape index (κ3) is 51.7. The highest BCUT2D eigenvalue weighted by Crippen LogP contribution is 2.43. The van der Waals surface area contributed by atoms with Crippen molar-refractivity contribution < 1.29 is 52.2 Å². The minimum Gasteiger partial charge on any atom is -0.462 e. The number of unbranched alkanes of at least 4 members (excludes halogenated alkanes) is 2. The van der Waals surface area contributed by atoms with E-state index in [1.807, 2.05) is 30.4 Å². The molecular weight excluding hydrogens is 952 g/mol. The van der Waals surface area contributed by atoms with Crippen LogP contribution in [0.4, 0.5) is 0 Å². The van der Waals surface area contributed by atoms with Gasteiger partial charge in [0, 0.05) is 19.3 Å². The van der Waals surface area contributed by atoms with Gasteiger partial charge in [0.15, 0.2) is 6.10 Å². The molecule has 2 N–H and O–H groups in total. The van der Waals surface area contributed by atoms with Crippen molar-refractivity contribution in [3.8, 4) is 0 Å². The molecule has 0 aliphatic heterocycles. The number of ether oxygens (including phenoxy) is 3. The van der Waals surface area contributed by atoms with Crippen molar-refractivity contribution in [3.63, 3.8) is 0 Å². The van der Waals surface area contributed by atoms with E-state index in [2.05, 4.69) is 161 Å². The van der Waals surface area contributed by atoms with Crippen LogP contribution in [0.5, 0.6) is 0 Å². The monoisotopic (exact) mass is 1040 g/mol. The first-order valence-corrected chi connectivity index (χ1v) is 28.5. The smallest absolute Gasteiger partial charge is 0.462 e. The van der Waals surface area contributed by atoms with Crippen LogP contribution in [0.2, 0.25) is 0 Å². The lowest BCUT2D eigenvalue weighted by Crippen LogP contribution is -2.30. The van der Waals surface area contributed by atoms with Crippen LogP contribution >= 0.6 is 7.82 Å². The standard InChI is InChI=1S/C62H93O11P/c1-4-7-10-13-16-19-22-25-27-28-29-30-32-35-38-41-44-47-50-53-62(66)73-59(55-69-60(64)51-48-45-42-39-36-34-31-26-23-20-17-14-11-8-5-2)57-71-74(67,68)70-56-58(54-63)72-61(65)52-49-46-43-40-37-33-24-21-18-15-12-9-6-3/h7-12,16-21,25-27,29-31,33,35-39,43-44,46-47,58-59,63H,4-6,13-15,22-24,28,32,34,40-42,45,48-57H2,1-3H3,(H,67,68)/b10-7-,11-8-,12-9-,19-16-,20-17-,21-18-,27-25-,30-29-,31-26-,37-33-,38-35-,39-36-,46-43-,47-44-. The molecule has 74 heavy (non-hydrogen) atoms. The quantitative estimate of drug-likeness (QED) is 0.0197. The van der Waals surface area contributed by atoms with E-state index in [1.165, 1.54) is 0 Å². The number of allylic oxidation sites excluding steroid dienone is 28. The highest BCUT2D eigenvalue weighted by atomic mass is 31.2. The van der Waals surface area contributed by atoms with Crippen LogP contribution in [0.25, 0.3) is 0 Å². The Morgan fingerprint density at radius 2 is 0.676 bits per heavy atom. The molecule has 0 radical (unpaired) electrons. The van der Waals surface area contributed by atoms with E-state index in [9.17, 15) is 28.9 Å². The Morgan fingerprint density at radius 1 is 0.378 bits per heavy atom. The summed E-state index contributed by atoms with van der Waals surface area (Å²) in [6, 6.07) is 0. The average Bonchev–Trinajstić information content (AvgIpc) is 3.39. The summed E-state index contributed by atoms with van der Waals surface area (Å²) in [7, 11) is -4.81. The number of esters is 3. The molecular formula is C62H93O11P. The van der Waals surface area contributed by atoms with E-state index in [4.69, 9.17) is 23.3 Å². The first-order valence-electron chi connectivity index (χ1n) is 27.0. The number of carbonyl (C=O) groups excluding carboxylic acids is 3. The molecule has 0 rings (SSSR count). The van der Waals surface area contributed by atoms with Crippen molar-refractivity contribution in [2.45, 2.75) is 174 Å². The Balaban J connectivity index is 5.01. The number of rotatable bonds is 47. The average molecular weight is 1050 g/mol. The van der Waals surface area contributed by atoms with Crippen LogP contribution in [0.15, 0.2) is 170 Å². The van der Waals surface area contributed by atoms with Crippen LogP contribution in [-0.4, -0.2) is 66.5 Å². The minimum absolute atomic E-state index is 0.0169. The Bertz CT molecular complexity index is 1890. The number of aliphatic hydroxyl groups excluding tert-OH is 1. The maximum atomic E-state index is 12.9. The molecule has 0 aromatic rings. The summed E-state index contributed by atoms with van der Waals surface area (Å²) in [6.07, 6.45) is 72.2. The lowest BCUT2D eigenvalue weighted by Gasteiger charge is -2.21. The van der Waals surface area contributed by atoms with Gasteiger partial charge in [0.05, 0.1) is 19.8 Å². The maximum Gasteiger partial charge on any atom is 0.472 e. The van der Waals surface area contributed by atoms with Gasteiger partial charge in [-0.3, -0.25) is 23.4 Å². The molecule has 0 amide bonds. The number of hydrogen-bond donors (Lipinski definition) is 2. The van der Waals surface area contributed by atoms with Gasteiger partial charge < -0.3 is 24.2 Å². The topological polar surface area (TPSA) is 155 Å². The predicted octanol–water partition coefficient (Wildman–Crippen LogP) is 15.9. The summed E-state index contributed by atoms with van der Waals surface area (Å²) < 4.78 is 39.2. The van der Waals surface area contributed by atoms with E-state index < -0.39 is 64.4 Å². The molecule has 11 nitrogen and oxygen atoms in total. The molecule has 0 aromatic heterocycles. The van der Waals surface area contributed by atoms with Crippen molar-refractivity contribution in [2.75, 3.05) is 26.4 Å². The zero-order valence-electron chi connectivity index (χ0n) is 45.2. The van der Waals surface area contributed by atoms with Gasteiger partial charge >= 0.3 is 25.7 Å². The summed E-state index contributed by atoms with van der Waals surface area (Å²) in [5, 5.41) is 9.77. The lowest BCUT2D eigenvalue weighted by atomic mass is 10.2. The molecule has 0 bridgehead atoms. The molecule has 0 spiro atoms. The van der Waals surface area contributed by atoms with E-state index >= 15 is 0 Å². The summed E-state index contributed by atoms with van der Waals surface area (Å²) in [5.41, 5.74) is 0. The molecule has 12 heteroatoms. The SMILES string of the molecule is CC/C=C\C/C=C\C/C=C\C/C=C\C/C=C\C/C=C\CCC(=O)OC(COC(=O)CCCC/C=C\C/C=C\C/C=C\C/C=C\CC)COP(=O)(O)OCC(CO)OC(=O)CC/C=C\C/C=C\C/C=C\C/C=C\CC. The second-order valence-corrected chi connectivity index (χ2v) is 18.3. The molecule has 0 fully saturated rings. The van der Waals surface area contributed by atoms with Crippen molar-refractivity contribution in [3.05, 3.63) is 170 Å². The fourth-order valence-corrected chi connectivity index (χ4v) is 6.93. The highest BCUT2D eigenvalue weighted by Gasteiger charge is 2.28. The molecule has 3 atom stereocenters. The molecule has 0 saturated carbocycles. The lowest BCUT2D eigenvalue weighted by molar-refractivity contribution is -0.161. The normalized spacial score (nSPS) is 14.7. The van der Waals surface area contributed by atoms with Gasteiger partial charge in [-0.15, -0.1) is 0 Å². The van der Waals surface area contributed by atoms with E-state index in [1.54, 1.807) is 0 Å². The van der Waals surface area contributed by atoms with Crippen LogP contribution in [0.1, 0.15) is 162 Å². The second kappa shape index (κ2) is 54.1. The van der Waals surface area contributed by atoms with Gasteiger partial charge in [-0.05, 0) is 122 Å². The van der Waals surface area contributed by atoms with Crippen molar-refractivity contribution >= 4 is 25.7 Å². The molecule has 0 aromatic carbocycles. The molecule has 0 aliphatic carbocycles. The fraction of sp³-hybridized carbons (Fsp3) is 0.500. The fourth-order valence-electron chi connectivity index (χ4n) is 6.15. The summed E-state index contributed by atoms with van der Waals surface area (Å²) >= 11 is 0. The number of aliphatic hydroxyl groups is 1. The summed E-state index contributed by atoms with van der Waals surface area (Å²) in [6.45, 7) is 4.03. The third-order valence-corrected chi connectivity index (χ3v) is 11.1. The van der Waals surface area contributed by atoms with Crippen LogP contribution in [0, 0.1) is 0 Å². The molecule has 0 saturated heterocycles. The summed E-state index contributed by atoms with van der Waals surface area (Å²) in [4.78, 5) is 48.4. The largest absolute Gasteiger partial charge is 0.472 e. The zero-order valence-corrected chi connectivity index (χ0v) is 46.1. The van der Waals surface area contributed by atoms with Gasteiger partial charge in [0.1, 0.15) is 12.7 Å². The van der Waals surface area contributed by atoms with Gasteiger partial charge in [-0.2, -0.15) is 0 Å². The Morgan fingerprint density at radius 3 is 1.01 bits per heavy atom. The van der Waals surface area contributed by atoms with Crippen molar-refractivity contribution in [2.24, 2.45) is 0 Å². The van der Waals surface area contributed by atoms with E-state index in [0.717, 1.165) is 96.3 Å². The second-order valence-electron chi connectivity index (χ2n) is 16.9. The van der Waals surface area contributed by atoms with Gasteiger partial charge in [0.2, 0.25) is 0 Å². The summed E-state index contributed by atoms with van der Waals surface area (Å²) in [5.74, 6) is -1.73. The molecule has 0 heterocycles. The Labute approximate surface area is 447 Å². The van der Waals surface area contributed by atoms with Gasteiger partial charge in [-0.1, -0.05) is 191 Å². The van der Waals surface area contributed by atoms with E-state index in [-0.39, 0.29) is 19.3 Å². The van der Waals surface area contributed by atoms with Gasteiger partial charge in [-0.25, -0.2) is 4.57 Å². The maximum absolute atomic E-state index is 12.9. The molecule has 412 valence electrons. The van der Waals surface area contributed by atoms with Crippen LogP contribution in [0.3, 0.4) is 0 Å². The molecule has 0 aliphatic rings. The van der Waals surface area contributed by atoms with Gasteiger partial charge in [0.25, 0.3) is 0 Å². The predicted molar refractivity (Wildman–Crippen MR) is 306 cm³/mol. The first kappa shape index (κ1) is 68.8. The first-order chi connectivity index (χ1) is 36.2. The minimum atomic E-state index is -4.81. The van der Waals surface area contributed by atoms with E-state index in [0.29, 0.717) is 25.7 Å². The highest BCUT2D eigenvalue weighted by molar-refractivity contribution is 7.47. The zero-order chi connectivity index (χ0) is 54.1. The molecule has 3 unspecified atom stereocenters. The Hall–Kier alpha value is -5.16. The third-order valence-electron chi connectivity index (χ3n) is 10.1. The number of phosphoric ester groups is 1. The van der Waals surface area contributed by atoms with Crippen LogP contribution in [-0.2, 0) is 42.2 Å².